The molecule has 0 aromatic rings. The molecule has 0 amide bonds. The lowest BCUT2D eigenvalue weighted by atomic mass is 9.96. The van der Waals surface area contributed by atoms with Crippen LogP contribution in [0.2, 0.25) is 0 Å². The molecule has 0 spiro atoms. The molecule has 2 rings (SSSR count). The first-order valence-electron chi connectivity index (χ1n) is 4.85. The van der Waals surface area contributed by atoms with E-state index in [0.29, 0.717) is 6.04 Å². The number of hydrogen-bond acceptors (Lipinski definition) is 3. The molecular weight excluding hydrogens is 170 g/mol. The van der Waals surface area contributed by atoms with Crippen LogP contribution in [-0.4, -0.2) is 47.8 Å². The highest BCUT2D eigenvalue weighted by Gasteiger charge is 2.38. The fourth-order valence-corrected chi connectivity index (χ4v) is 2.13. The number of rotatable bonds is 2. The fraction of sp³-hybridized carbons (Fsp3) is 0.889. The Morgan fingerprint density at radius 1 is 1.31 bits per heavy atom. The number of likely N-dealkylation sites (tertiary alicyclic amines) is 1. The van der Waals surface area contributed by atoms with Gasteiger partial charge in [0.05, 0.1) is 0 Å². The van der Waals surface area contributed by atoms with Gasteiger partial charge < -0.3 is 9.84 Å². The smallest absolute Gasteiger partial charge is 0.320 e. The molecule has 4 heteroatoms. The van der Waals surface area contributed by atoms with Gasteiger partial charge in [-0.25, -0.2) is 0 Å². The van der Waals surface area contributed by atoms with Crippen molar-refractivity contribution in [2.45, 2.75) is 31.3 Å². The molecule has 1 N–H and O–H groups in total. The minimum atomic E-state index is -0.669. The van der Waals surface area contributed by atoms with Crippen LogP contribution in [0.3, 0.4) is 0 Å². The van der Waals surface area contributed by atoms with E-state index in [2.05, 4.69) is 4.90 Å². The number of nitrogens with zero attached hydrogens (tertiary/aromatic N) is 1. The summed E-state index contributed by atoms with van der Waals surface area (Å²) in [6.45, 7) is 2.52. The zero-order valence-corrected chi connectivity index (χ0v) is 7.61. The molecule has 1 atom stereocenters. The van der Waals surface area contributed by atoms with Crippen molar-refractivity contribution < 1.29 is 14.6 Å². The molecule has 13 heavy (non-hydrogen) atoms. The Hall–Kier alpha value is -0.610. The van der Waals surface area contributed by atoms with Gasteiger partial charge in [0.1, 0.15) is 6.04 Å². The van der Waals surface area contributed by atoms with E-state index in [0.717, 1.165) is 39.0 Å². The third-order valence-corrected chi connectivity index (χ3v) is 3.01. The molecule has 4 nitrogen and oxygen atoms in total. The topological polar surface area (TPSA) is 49.8 Å². The van der Waals surface area contributed by atoms with Crippen molar-refractivity contribution in [1.29, 1.82) is 0 Å². The first-order chi connectivity index (χ1) is 6.29. The second kappa shape index (κ2) is 3.64. The Balaban J connectivity index is 1.89. The van der Waals surface area contributed by atoms with E-state index in [9.17, 15) is 4.79 Å². The number of carboxylic acid groups (broad SMARTS) is 1. The van der Waals surface area contributed by atoms with Gasteiger partial charge in [-0.15, -0.1) is 0 Å². The molecule has 2 aliphatic rings. The lowest BCUT2D eigenvalue weighted by Crippen LogP contribution is -2.58. The molecule has 0 radical (unpaired) electrons. The molecule has 0 saturated carbocycles. The summed E-state index contributed by atoms with van der Waals surface area (Å²) in [5.41, 5.74) is 0. The highest BCUT2D eigenvalue weighted by molar-refractivity contribution is 5.74. The van der Waals surface area contributed by atoms with E-state index < -0.39 is 5.97 Å². The van der Waals surface area contributed by atoms with Crippen molar-refractivity contribution in [3.8, 4) is 0 Å². The van der Waals surface area contributed by atoms with Crippen molar-refractivity contribution in [3.05, 3.63) is 0 Å². The summed E-state index contributed by atoms with van der Waals surface area (Å²) in [4.78, 5) is 12.9. The van der Waals surface area contributed by atoms with Crippen LogP contribution in [0.15, 0.2) is 0 Å². The average Bonchev–Trinajstić information content (AvgIpc) is 2.02. The van der Waals surface area contributed by atoms with Gasteiger partial charge in [0, 0.05) is 25.8 Å². The zero-order chi connectivity index (χ0) is 9.26. The minimum Gasteiger partial charge on any atom is -0.480 e. The molecule has 2 fully saturated rings. The second-order valence-corrected chi connectivity index (χ2v) is 3.72. The van der Waals surface area contributed by atoms with Crippen LogP contribution in [0.25, 0.3) is 0 Å². The lowest BCUT2D eigenvalue weighted by Gasteiger charge is -2.45. The Bertz CT molecular complexity index is 201. The summed E-state index contributed by atoms with van der Waals surface area (Å²) < 4.78 is 5.24. The summed E-state index contributed by atoms with van der Waals surface area (Å²) in [7, 11) is 0. The first-order valence-corrected chi connectivity index (χ1v) is 4.85. The van der Waals surface area contributed by atoms with Crippen LogP contribution in [0.1, 0.15) is 19.3 Å². The van der Waals surface area contributed by atoms with Gasteiger partial charge in [-0.1, -0.05) is 0 Å². The van der Waals surface area contributed by atoms with Crippen LogP contribution in [0, 0.1) is 0 Å². The third-order valence-electron chi connectivity index (χ3n) is 3.01. The van der Waals surface area contributed by atoms with Gasteiger partial charge in [-0.05, 0) is 19.3 Å². The summed E-state index contributed by atoms with van der Waals surface area (Å²) in [5, 5.41) is 8.86. The molecular formula is C9H15NO3. The normalized spacial score (nSPS) is 31.2. The van der Waals surface area contributed by atoms with Crippen LogP contribution >= 0.6 is 0 Å². The highest BCUT2D eigenvalue weighted by atomic mass is 16.5. The van der Waals surface area contributed by atoms with Crippen LogP contribution < -0.4 is 0 Å². The van der Waals surface area contributed by atoms with E-state index in [1.165, 1.54) is 0 Å². The van der Waals surface area contributed by atoms with Crippen molar-refractivity contribution >= 4 is 5.97 Å². The summed E-state index contributed by atoms with van der Waals surface area (Å²) in [6, 6.07) is 0.228. The molecule has 0 aliphatic carbocycles. The van der Waals surface area contributed by atoms with Gasteiger partial charge in [0.15, 0.2) is 0 Å². The van der Waals surface area contributed by atoms with Crippen LogP contribution in [0.5, 0.6) is 0 Å². The Morgan fingerprint density at radius 2 is 2.00 bits per heavy atom. The number of hydrogen-bond donors (Lipinski definition) is 1. The first kappa shape index (κ1) is 8.97. The van der Waals surface area contributed by atoms with Crippen LogP contribution in [0.4, 0.5) is 0 Å². The van der Waals surface area contributed by atoms with Gasteiger partial charge in [0.2, 0.25) is 0 Å². The quantitative estimate of drug-likeness (QED) is 0.673. The largest absolute Gasteiger partial charge is 0.480 e. The summed E-state index contributed by atoms with van der Waals surface area (Å²) in [6.07, 6.45) is 2.79. The molecule has 74 valence electrons. The molecule has 0 bridgehead atoms. The minimum absolute atomic E-state index is 0.219. The standard InChI is InChI=1S/C9H15NO3/c11-9(12)8-1-4-10(8)7-2-5-13-6-3-7/h7-8H,1-6H2,(H,11,12). The summed E-state index contributed by atoms with van der Waals surface area (Å²) in [5.74, 6) is -0.669. The van der Waals surface area contributed by atoms with E-state index in [4.69, 9.17) is 9.84 Å². The van der Waals surface area contributed by atoms with Gasteiger partial charge >= 0.3 is 5.97 Å². The number of aliphatic carboxylic acids is 1. The second-order valence-electron chi connectivity index (χ2n) is 3.72. The molecule has 2 aliphatic heterocycles. The van der Waals surface area contributed by atoms with E-state index in [1.807, 2.05) is 0 Å². The van der Waals surface area contributed by atoms with E-state index in [1.54, 1.807) is 0 Å². The molecule has 1 unspecified atom stereocenters. The fourth-order valence-electron chi connectivity index (χ4n) is 2.13. The molecule has 2 saturated heterocycles. The van der Waals surface area contributed by atoms with E-state index in [-0.39, 0.29) is 6.04 Å². The Labute approximate surface area is 77.5 Å². The van der Waals surface area contributed by atoms with Crippen molar-refractivity contribution in [2.75, 3.05) is 19.8 Å². The van der Waals surface area contributed by atoms with Gasteiger partial charge in [-0.2, -0.15) is 0 Å². The van der Waals surface area contributed by atoms with Gasteiger partial charge in [0.25, 0.3) is 0 Å². The third kappa shape index (κ3) is 1.69. The Morgan fingerprint density at radius 3 is 2.46 bits per heavy atom. The zero-order valence-electron chi connectivity index (χ0n) is 7.61. The Kier molecular flexibility index (Phi) is 2.51. The SMILES string of the molecule is O=C(O)C1CCN1C1CCOCC1. The molecule has 2 heterocycles. The number of carboxylic acids is 1. The maximum Gasteiger partial charge on any atom is 0.320 e. The van der Waals surface area contributed by atoms with Crippen molar-refractivity contribution in [1.82, 2.24) is 4.90 Å². The summed E-state index contributed by atoms with van der Waals surface area (Å²) >= 11 is 0. The maximum absolute atomic E-state index is 10.8. The number of carbonyl (C=O) groups is 1. The predicted molar refractivity (Wildman–Crippen MR) is 46.6 cm³/mol. The average molecular weight is 185 g/mol. The monoisotopic (exact) mass is 185 g/mol. The van der Waals surface area contributed by atoms with Crippen molar-refractivity contribution in [3.63, 3.8) is 0 Å². The molecule has 0 aromatic heterocycles. The number of ether oxygens (including phenoxy) is 1. The predicted octanol–water partition coefficient (Wildman–Crippen LogP) is 0.324. The van der Waals surface area contributed by atoms with Gasteiger partial charge in [-0.3, -0.25) is 9.69 Å². The maximum atomic E-state index is 10.8. The highest BCUT2D eigenvalue weighted by Crippen LogP contribution is 2.25. The lowest BCUT2D eigenvalue weighted by molar-refractivity contribution is -0.151. The van der Waals surface area contributed by atoms with E-state index >= 15 is 0 Å². The van der Waals surface area contributed by atoms with Crippen molar-refractivity contribution in [2.24, 2.45) is 0 Å². The molecule has 0 aromatic carbocycles. The van der Waals surface area contributed by atoms with Crippen LogP contribution in [-0.2, 0) is 9.53 Å².